The SMILES string of the molecule is CCCC(CNC(=O)NC1CCN(C)C(C)C1)C(=O)O. The van der Waals surface area contributed by atoms with E-state index in [0.717, 1.165) is 25.8 Å². The second-order valence-corrected chi connectivity index (χ2v) is 5.73. The van der Waals surface area contributed by atoms with Gasteiger partial charge in [-0.2, -0.15) is 0 Å². The van der Waals surface area contributed by atoms with E-state index in [9.17, 15) is 9.59 Å². The molecule has 2 amide bonds. The van der Waals surface area contributed by atoms with Gasteiger partial charge >= 0.3 is 12.0 Å². The Morgan fingerprint density at radius 1 is 1.45 bits per heavy atom. The predicted molar refractivity (Wildman–Crippen MR) is 77.7 cm³/mol. The fourth-order valence-electron chi connectivity index (χ4n) is 2.53. The van der Waals surface area contributed by atoms with E-state index < -0.39 is 11.9 Å². The smallest absolute Gasteiger partial charge is 0.315 e. The lowest BCUT2D eigenvalue weighted by molar-refractivity contribution is -0.141. The molecule has 20 heavy (non-hydrogen) atoms. The van der Waals surface area contributed by atoms with E-state index in [1.165, 1.54) is 0 Å². The summed E-state index contributed by atoms with van der Waals surface area (Å²) in [5.74, 6) is -1.35. The monoisotopic (exact) mass is 285 g/mol. The summed E-state index contributed by atoms with van der Waals surface area (Å²) in [6.45, 7) is 5.25. The molecule has 6 heteroatoms. The van der Waals surface area contributed by atoms with Gasteiger partial charge < -0.3 is 20.6 Å². The fraction of sp³-hybridized carbons (Fsp3) is 0.857. The van der Waals surface area contributed by atoms with Crippen molar-refractivity contribution in [3.63, 3.8) is 0 Å². The molecule has 0 spiro atoms. The Bertz CT molecular complexity index is 336. The first-order valence-electron chi connectivity index (χ1n) is 7.41. The van der Waals surface area contributed by atoms with E-state index in [0.29, 0.717) is 12.5 Å². The zero-order valence-corrected chi connectivity index (χ0v) is 12.7. The summed E-state index contributed by atoms with van der Waals surface area (Å²) < 4.78 is 0. The Hall–Kier alpha value is -1.30. The van der Waals surface area contributed by atoms with Crippen LogP contribution in [0.1, 0.15) is 39.5 Å². The van der Waals surface area contributed by atoms with Crippen LogP contribution in [0.5, 0.6) is 0 Å². The molecule has 0 aromatic carbocycles. The lowest BCUT2D eigenvalue weighted by Crippen LogP contribution is -2.50. The Labute approximate surface area is 120 Å². The minimum absolute atomic E-state index is 0.177. The van der Waals surface area contributed by atoms with Crippen LogP contribution in [0.15, 0.2) is 0 Å². The van der Waals surface area contributed by atoms with Crippen LogP contribution in [0.3, 0.4) is 0 Å². The Morgan fingerprint density at radius 2 is 2.15 bits per heavy atom. The van der Waals surface area contributed by atoms with Gasteiger partial charge in [0, 0.05) is 25.2 Å². The number of rotatable bonds is 6. The van der Waals surface area contributed by atoms with Gasteiger partial charge in [-0.1, -0.05) is 13.3 Å². The minimum Gasteiger partial charge on any atom is -0.481 e. The van der Waals surface area contributed by atoms with Crippen molar-refractivity contribution in [1.82, 2.24) is 15.5 Å². The second kappa shape index (κ2) is 8.09. The third-order valence-electron chi connectivity index (χ3n) is 4.04. The molecule has 0 bridgehead atoms. The summed E-state index contributed by atoms with van der Waals surface area (Å²) in [5, 5.41) is 14.6. The Morgan fingerprint density at radius 3 is 2.70 bits per heavy atom. The third kappa shape index (κ3) is 5.36. The van der Waals surface area contributed by atoms with Crippen LogP contribution < -0.4 is 10.6 Å². The number of aliphatic carboxylic acids is 1. The van der Waals surface area contributed by atoms with Crippen LogP contribution in [0.4, 0.5) is 4.79 Å². The van der Waals surface area contributed by atoms with Crippen LogP contribution in [0.25, 0.3) is 0 Å². The number of carboxylic acid groups (broad SMARTS) is 1. The first kappa shape index (κ1) is 16.8. The van der Waals surface area contributed by atoms with Gasteiger partial charge in [-0.3, -0.25) is 4.79 Å². The summed E-state index contributed by atoms with van der Waals surface area (Å²) in [7, 11) is 2.09. The van der Waals surface area contributed by atoms with Gasteiger partial charge in [0.15, 0.2) is 0 Å². The summed E-state index contributed by atoms with van der Waals surface area (Å²) in [6.07, 6.45) is 3.25. The normalized spacial score (nSPS) is 24.9. The maximum Gasteiger partial charge on any atom is 0.315 e. The molecular weight excluding hydrogens is 258 g/mol. The van der Waals surface area contributed by atoms with Gasteiger partial charge in [0.25, 0.3) is 0 Å². The molecule has 6 nitrogen and oxygen atoms in total. The molecular formula is C14H27N3O3. The van der Waals surface area contributed by atoms with Crippen molar-refractivity contribution < 1.29 is 14.7 Å². The van der Waals surface area contributed by atoms with Crippen molar-refractivity contribution in [1.29, 1.82) is 0 Å². The molecule has 1 aliphatic rings. The number of likely N-dealkylation sites (tertiary alicyclic amines) is 1. The van der Waals surface area contributed by atoms with E-state index in [1.54, 1.807) is 0 Å². The molecule has 3 atom stereocenters. The van der Waals surface area contributed by atoms with Crippen molar-refractivity contribution in [2.45, 2.75) is 51.6 Å². The molecule has 1 aliphatic heterocycles. The van der Waals surface area contributed by atoms with E-state index in [1.807, 2.05) is 6.92 Å². The van der Waals surface area contributed by atoms with Crippen LogP contribution >= 0.6 is 0 Å². The van der Waals surface area contributed by atoms with Gasteiger partial charge in [0.05, 0.1) is 5.92 Å². The first-order valence-corrected chi connectivity index (χ1v) is 7.41. The van der Waals surface area contributed by atoms with E-state index >= 15 is 0 Å². The maximum atomic E-state index is 11.8. The lowest BCUT2D eigenvalue weighted by atomic mass is 9.99. The Balaban J connectivity index is 2.31. The number of urea groups is 1. The van der Waals surface area contributed by atoms with E-state index in [2.05, 4.69) is 29.5 Å². The number of nitrogens with one attached hydrogen (secondary N) is 2. The molecule has 0 aliphatic carbocycles. The molecule has 0 aromatic rings. The van der Waals surface area contributed by atoms with Crippen LogP contribution in [0, 0.1) is 5.92 Å². The second-order valence-electron chi connectivity index (χ2n) is 5.73. The molecule has 0 aromatic heterocycles. The van der Waals surface area contributed by atoms with Crippen LogP contribution in [-0.4, -0.2) is 54.2 Å². The number of carbonyl (C=O) groups excluding carboxylic acids is 1. The van der Waals surface area contributed by atoms with Gasteiger partial charge in [0.1, 0.15) is 0 Å². The van der Waals surface area contributed by atoms with Crippen molar-refractivity contribution in [3.8, 4) is 0 Å². The van der Waals surface area contributed by atoms with E-state index in [-0.39, 0.29) is 18.6 Å². The van der Waals surface area contributed by atoms with Gasteiger partial charge in [-0.25, -0.2) is 4.79 Å². The number of hydrogen-bond acceptors (Lipinski definition) is 3. The largest absolute Gasteiger partial charge is 0.481 e. The van der Waals surface area contributed by atoms with Gasteiger partial charge in [0.2, 0.25) is 0 Å². The van der Waals surface area contributed by atoms with Crippen molar-refractivity contribution in [2.75, 3.05) is 20.1 Å². The number of carbonyl (C=O) groups is 2. The van der Waals surface area contributed by atoms with Crippen LogP contribution in [-0.2, 0) is 4.79 Å². The average molecular weight is 285 g/mol. The summed E-state index contributed by atoms with van der Waals surface area (Å²) in [6, 6.07) is 0.380. The molecule has 1 saturated heterocycles. The first-order chi connectivity index (χ1) is 9.43. The third-order valence-corrected chi connectivity index (χ3v) is 4.04. The highest BCUT2D eigenvalue weighted by atomic mass is 16.4. The molecule has 116 valence electrons. The highest BCUT2D eigenvalue weighted by Gasteiger charge is 2.24. The number of carboxylic acids is 1. The lowest BCUT2D eigenvalue weighted by Gasteiger charge is -2.35. The average Bonchev–Trinajstić information content (AvgIpc) is 2.38. The predicted octanol–water partition coefficient (Wildman–Crippen LogP) is 1.27. The van der Waals surface area contributed by atoms with Crippen LogP contribution in [0.2, 0.25) is 0 Å². The highest BCUT2D eigenvalue weighted by Crippen LogP contribution is 2.15. The zero-order valence-electron chi connectivity index (χ0n) is 12.7. The molecule has 3 N–H and O–H groups in total. The highest BCUT2D eigenvalue weighted by molar-refractivity contribution is 5.76. The summed E-state index contributed by atoms with van der Waals surface area (Å²) >= 11 is 0. The standard InChI is InChI=1S/C14H27N3O3/c1-4-5-11(13(18)19)9-15-14(20)16-12-6-7-17(3)10(2)8-12/h10-12H,4-9H2,1-3H3,(H,18,19)(H2,15,16,20). The number of nitrogens with zero attached hydrogens (tertiary/aromatic N) is 1. The summed E-state index contributed by atoms with van der Waals surface area (Å²) in [4.78, 5) is 25.1. The molecule has 1 heterocycles. The van der Waals surface area contributed by atoms with Gasteiger partial charge in [-0.15, -0.1) is 0 Å². The zero-order chi connectivity index (χ0) is 15.1. The Kier molecular flexibility index (Phi) is 6.78. The molecule has 0 radical (unpaired) electrons. The minimum atomic E-state index is -0.847. The van der Waals surface area contributed by atoms with Crippen molar-refractivity contribution >= 4 is 12.0 Å². The molecule has 0 saturated carbocycles. The maximum absolute atomic E-state index is 11.8. The number of hydrogen-bond donors (Lipinski definition) is 3. The molecule has 3 unspecified atom stereocenters. The van der Waals surface area contributed by atoms with Crippen molar-refractivity contribution in [3.05, 3.63) is 0 Å². The van der Waals surface area contributed by atoms with E-state index in [4.69, 9.17) is 5.11 Å². The fourth-order valence-corrected chi connectivity index (χ4v) is 2.53. The van der Waals surface area contributed by atoms with Crippen molar-refractivity contribution in [2.24, 2.45) is 5.92 Å². The number of piperidine rings is 1. The number of amides is 2. The topological polar surface area (TPSA) is 81.7 Å². The quantitative estimate of drug-likeness (QED) is 0.686. The van der Waals surface area contributed by atoms with Gasteiger partial charge in [-0.05, 0) is 33.2 Å². The molecule has 1 rings (SSSR count). The molecule has 1 fully saturated rings. The summed E-state index contributed by atoms with van der Waals surface area (Å²) in [5.41, 5.74) is 0.